The van der Waals surface area contributed by atoms with Gasteiger partial charge in [0.05, 0.1) is 16.3 Å². The molecule has 0 bridgehead atoms. The molecule has 0 aliphatic heterocycles. The van der Waals surface area contributed by atoms with E-state index >= 15 is 0 Å². The van der Waals surface area contributed by atoms with Gasteiger partial charge in [-0.05, 0) is 54.6 Å². The van der Waals surface area contributed by atoms with Gasteiger partial charge < -0.3 is 9.52 Å². The fourth-order valence-corrected chi connectivity index (χ4v) is 3.09. The van der Waals surface area contributed by atoms with E-state index in [4.69, 9.17) is 39.2 Å². The summed E-state index contributed by atoms with van der Waals surface area (Å²) in [6, 6.07) is 15.2. The SMILES string of the molecule is Oc1ccc(Cl)cc1C=Nc1ccc(Cl)c(-c2nc3cc(Cl)ccc3o2)c1. The Morgan fingerprint density at radius 1 is 0.926 bits per heavy atom. The molecule has 27 heavy (non-hydrogen) atoms. The summed E-state index contributed by atoms with van der Waals surface area (Å²) in [5.41, 5.74) is 2.99. The van der Waals surface area contributed by atoms with E-state index in [1.807, 2.05) is 0 Å². The minimum absolute atomic E-state index is 0.0909. The lowest BCUT2D eigenvalue weighted by atomic mass is 10.2. The zero-order valence-corrected chi connectivity index (χ0v) is 15.9. The summed E-state index contributed by atoms with van der Waals surface area (Å²) >= 11 is 18.3. The summed E-state index contributed by atoms with van der Waals surface area (Å²) in [6.07, 6.45) is 1.53. The Labute approximate surface area is 169 Å². The second-order valence-electron chi connectivity index (χ2n) is 5.76. The van der Waals surface area contributed by atoms with Crippen molar-refractivity contribution < 1.29 is 9.52 Å². The molecule has 0 fully saturated rings. The molecule has 0 amide bonds. The third-order valence-electron chi connectivity index (χ3n) is 3.87. The van der Waals surface area contributed by atoms with Gasteiger partial charge in [-0.15, -0.1) is 0 Å². The van der Waals surface area contributed by atoms with Gasteiger partial charge >= 0.3 is 0 Å². The average molecular weight is 418 g/mol. The number of aliphatic imine (C=N–C) groups is 1. The predicted molar refractivity (Wildman–Crippen MR) is 110 cm³/mol. The third kappa shape index (κ3) is 3.78. The van der Waals surface area contributed by atoms with Crippen LogP contribution >= 0.6 is 34.8 Å². The van der Waals surface area contributed by atoms with Crippen molar-refractivity contribution in [2.45, 2.75) is 0 Å². The topological polar surface area (TPSA) is 58.6 Å². The van der Waals surface area contributed by atoms with Gasteiger partial charge in [-0.25, -0.2) is 4.98 Å². The number of rotatable bonds is 3. The van der Waals surface area contributed by atoms with Crippen LogP contribution in [-0.2, 0) is 0 Å². The fourth-order valence-electron chi connectivity index (χ4n) is 2.55. The summed E-state index contributed by atoms with van der Waals surface area (Å²) in [5, 5.41) is 11.5. The molecule has 0 unspecified atom stereocenters. The first-order valence-electron chi connectivity index (χ1n) is 7.88. The summed E-state index contributed by atoms with van der Waals surface area (Å²) in [4.78, 5) is 8.83. The van der Waals surface area contributed by atoms with Gasteiger partial charge in [0.15, 0.2) is 5.58 Å². The van der Waals surface area contributed by atoms with Crippen LogP contribution in [0.2, 0.25) is 15.1 Å². The van der Waals surface area contributed by atoms with Crippen molar-refractivity contribution in [2.75, 3.05) is 0 Å². The van der Waals surface area contributed by atoms with Crippen LogP contribution in [0.1, 0.15) is 5.56 Å². The molecule has 0 aliphatic carbocycles. The van der Waals surface area contributed by atoms with E-state index in [2.05, 4.69) is 9.98 Å². The van der Waals surface area contributed by atoms with Gasteiger partial charge in [-0.2, -0.15) is 0 Å². The van der Waals surface area contributed by atoms with Crippen molar-refractivity contribution in [2.24, 2.45) is 4.99 Å². The Morgan fingerprint density at radius 3 is 2.56 bits per heavy atom. The number of oxazole rings is 1. The average Bonchev–Trinajstić information content (AvgIpc) is 3.06. The maximum absolute atomic E-state index is 9.89. The van der Waals surface area contributed by atoms with Crippen molar-refractivity contribution in [3.05, 3.63) is 75.2 Å². The van der Waals surface area contributed by atoms with E-state index in [0.29, 0.717) is 48.9 Å². The number of nitrogens with zero attached hydrogens (tertiary/aromatic N) is 2. The Hall–Kier alpha value is -2.53. The molecule has 0 radical (unpaired) electrons. The van der Waals surface area contributed by atoms with Crippen molar-refractivity contribution in [3.63, 3.8) is 0 Å². The van der Waals surface area contributed by atoms with Crippen LogP contribution in [0.4, 0.5) is 5.69 Å². The van der Waals surface area contributed by atoms with Crippen LogP contribution in [0.25, 0.3) is 22.6 Å². The van der Waals surface area contributed by atoms with Crippen molar-refractivity contribution in [3.8, 4) is 17.2 Å². The first-order valence-corrected chi connectivity index (χ1v) is 9.01. The Kier molecular flexibility index (Phi) is 4.79. The van der Waals surface area contributed by atoms with Gasteiger partial charge in [0.2, 0.25) is 5.89 Å². The summed E-state index contributed by atoms with van der Waals surface area (Å²) in [6.45, 7) is 0. The van der Waals surface area contributed by atoms with Crippen LogP contribution in [-0.4, -0.2) is 16.3 Å². The number of halogens is 3. The first-order chi connectivity index (χ1) is 13.0. The molecule has 0 spiro atoms. The highest BCUT2D eigenvalue weighted by molar-refractivity contribution is 6.33. The molecule has 1 aromatic heterocycles. The number of phenolic OH excluding ortho intramolecular Hbond substituents is 1. The highest BCUT2D eigenvalue weighted by Crippen LogP contribution is 2.33. The molecular weight excluding hydrogens is 407 g/mol. The fraction of sp³-hybridized carbons (Fsp3) is 0. The standard InChI is InChI=1S/C20H11Cl3N2O2/c21-12-1-5-18(26)11(7-12)10-24-14-3-4-16(23)15(9-14)20-25-17-8-13(22)2-6-19(17)27-20/h1-10,26H. The zero-order valence-electron chi connectivity index (χ0n) is 13.7. The summed E-state index contributed by atoms with van der Waals surface area (Å²) < 4.78 is 5.78. The molecule has 134 valence electrons. The van der Waals surface area contributed by atoms with Gasteiger partial charge in [0, 0.05) is 21.8 Å². The minimum Gasteiger partial charge on any atom is -0.507 e. The first kappa shape index (κ1) is 17.9. The molecule has 7 heteroatoms. The van der Waals surface area contributed by atoms with E-state index in [-0.39, 0.29) is 5.75 Å². The number of hydrogen-bond donors (Lipinski definition) is 1. The van der Waals surface area contributed by atoms with Crippen molar-refractivity contribution >= 4 is 57.8 Å². The van der Waals surface area contributed by atoms with E-state index in [9.17, 15) is 5.11 Å². The molecule has 0 saturated heterocycles. The minimum atomic E-state index is 0.0909. The van der Waals surface area contributed by atoms with E-state index in [0.717, 1.165) is 0 Å². The van der Waals surface area contributed by atoms with Gasteiger partial charge in [0.1, 0.15) is 11.3 Å². The number of aromatic hydroxyl groups is 1. The lowest BCUT2D eigenvalue weighted by Gasteiger charge is -2.02. The zero-order chi connectivity index (χ0) is 19.0. The normalized spacial score (nSPS) is 11.5. The molecule has 4 nitrogen and oxygen atoms in total. The number of benzene rings is 3. The maximum atomic E-state index is 9.89. The molecule has 1 heterocycles. The van der Waals surface area contributed by atoms with Crippen LogP contribution in [0.3, 0.4) is 0 Å². The van der Waals surface area contributed by atoms with E-state index < -0.39 is 0 Å². The molecular formula is C20H11Cl3N2O2. The quantitative estimate of drug-likeness (QED) is 0.368. The van der Waals surface area contributed by atoms with Crippen LogP contribution in [0.5, 0.6) is 5.75 Å². The number of aromatic nitrogens is 1. The van der Waals surface area contributed by atoms with Crippen LogP contribution in [0, 0.1) is 0 Å². The van der Waals surface area contributed by atoms with Crippen LogP contribution < -0.4 is 0 Å². The molecule has 3 aromatic carbocycles. The second kappa shape index (κ2) is 7.24. The van der Waals surface area contributed by atoms with Crippen LogP contribution in [0.15, 0.2) is 64.0 Å². The number of hydrogen-bond acceptors (Lipinski definition) is 4. The molecule has 0 aliphatic rings. The number of fused-ring (bicyclic) bond motifs is 1. The smallest absolute Gasteiger partial charge is 0.228 e. The lowest BCUT2D eigenvalue weighted by Crippen LogP contribution is -1.83. The largest absolute Gasteiger partial charge is 0.507 e. The third-order valence-corrected chi connectivity index (χ3v) is 4.67. The summed E-state index contributed by atoms with van der Waals surface area (Å²) in [7, 11) is 0. The van der Waals surface area contributed by atoms with Gasteiger partial charge in [0.25, 0.3) is 0 Å². The Balaban J connectivity index is 1.72. The maximum Gasteiger partial charge on any atom is 0.228 e. The Morgan fingerprint density at radius 2 is 1.70 bits per heavy atom. The highest BCUT2D eigenvalue weighted by Gasteiger charge is 2.13. The van der Waals surface area contributed by atoms with Gasteiger partial charge in [-0.3, -0.25) is 4.99 Å². The molecule has 0 atom stereocenters. The van der Waals surface area contributed by atoms with Gasteiger partial charge in [-0.1, -0.05) is 34.8 Å². The molecule has 4 aromatic rings. The Bertz CT molecular complexity index is 1190. The number of phenols is 1. The second-order valence-corrected chi connectivity index (χ2v) is 7.04. The molecule has 1 N–H and O–H groups in total. The predicted octanol–water partition coefficient (Wildman–Crippen LogP) is 6.91. The van der Waals surface area contributed by atoms with Crippen molar-refractivity contribution in [1.82, 2.24) is 4.98 Å². The van der Waals surface area contributed by atoms with Crippen molar-refractivity contribution in [1.29, 1.82) is 0 Å². The lowest BCUT2D eigenvalue weighted by molar-refractivity contribution is 0.474. The van der Waals surface area contributed by atoms with E-state index in [1.54, 1.807) is 48.5 Å². The molecule has 4 rings (SSSR count). The van der Waals surface area contributed by atoms with E-state index in [1.165, 1.54) is 12.3 Å². The highest BCUT2D eigenvalue weighted by atomic mass is 35.5. The molecule has 0 saturated carbocycles. The monoisotopic (exact) mass is 416 g/mol. The summed E-state index contributed by atoms with van der Waals surface area (Å²) in [5.74, 6) is 0.466.